The van der Waals surface area contributed by atoms with Gasteiger partial charge in [-0.05, 0) is 38.0 Å². The summed E-state index contributed by atoms with van der Waals surface area (Å²) in [4.78, 5) is 11.8. The van der Waals surface area contributed by atoms with Crippen molar-refractivity contribution in [1.29, 1.82) is 0 Å². The van der Waals surface area contributed by atoms with Crippen molar-refractivity contribution in [2.24, 2.45) is 5.73 Å². The van der Waals surface area contributed by atoms with Crippen LogP contribution in [0.25, 0.3) is 0 Å². The monoisotopic (exact) mass is 259 g/mol. The van der Waals surface area contributed by atoms with Gasteiger partial charge < -0.3 is 5.73 Å². The minimum absolute atomic E-state index is 0.0938. The Kier molecular flexibility index (Phi) is 4.51. The molecule has 2 nitrogen and oxygen atoms in total. The minimum Gasteiger partial charge on any atom is -0.328 e. The van der Waals surface area contributed by atoms with Crippen LogP contribution in [0.15, 0.2) is 18.2 Å². The molecule has 0 radical (unpaired) electrons. The number of benzene rings is 1. The van der Waals surface area contributed by atoms with Crippen LogP contribution in [-0.4, -0.2) is 11.8 Å². The lowest BCUT2D eigenvalue weighted by atomic mass is 9.98. The molecular weight excluding hydrogens is 243 g/mol. The average Bonchev–Trinajstić information content (AvgIpc) is 2.24. The molecule has 100 valence electrons. The van der Waals surface area contributed by atoms with E-state index in [1.807, 2.05) is 0 Å². The molecule has 0 saturated heterocycles. The first kappa shape index (κ1) is 14.7. The number of rotatable bonds is 4. The Morgan fingerprint density at radius 3 is 2.44 bits per heavy atom. The molecule has 0 aliphatic carbocycles. The molecule has 1 aromatic rings. The first-order valence-corrected chi connectivity index (χ1v) is 5.68. The van der Waals surface area contributed by atoms with Crippen LogP contribution in [0.4, 0.5) is 13.2 Å². The van der Waals surface area contributed by atoms with E-state index in [9.17, 15) is 18.0 Å². The van der Waals surface area contributed by atoms with E-state index >= 15 is 0 Å². The maximum absolute atomic E-state index is 12.5. The number of Topliss-reactive ketones (excluding diaryl/α,β-unsaturated/α-hetero) is 1. The highest BCUT2D eigenvalue weighted by molar-refractivity contribution is 5.97. The molecule has 0 aliphatic heterocycles. The van der Waals surface area contributed by atoms with Gasteiger partial charge in [0.05, 0.1) is 5.56 Å². The molecule has 0 spiro atoms. The van der Waals surface area contributed by atoms with E-state index < -0.39 is 11.7 Å². The van der Waals surface area contributed by atoms with E-state index in [1.165, 1.54) is 13.0 Å². The number of carbonyl (C=O) groups excluding carboxylic acids is 1. The third-order valence-electron chi connectivity index (χ3n) is 2.68. The molecule has 0 heterocycles. The molecule has 1 aromatic carbocycles. The fourth-order valence-electron chi connectivity index (χ4n) is 1.65. The smallest absolute Gasteiger partial charge is 0.328 e. The van der Waals surface area contributed by atoms with Crippen molar-refractivity contribution in [3.63, 3.8) is 0 Å². The summed E-state index contributed by atoms with van der Waals surface area (Å²) < 4.78 is 37.4. The standard InChI is InChI=1S/C13H16F3NO/c1-8-7-10(13(14,15)16)4-5-11(8)12(18)6-3-9(2)17/h4-5,7,9H,3,6,17H2,1-2H3. The highest BCUT2D eigenvalue weighted by Gasteiger charge is 2.30. The average molecular weight is 259 g/mol. The number of ketones is 1. The second kappa shape index (κ2) is 5.52. The van der Waals surface area contributed by atoms with Crippen LogP contribution in [0.3, 0.4) is 0 Å². The molecule has 0 fully saturated rings. The van der Waals surface area contributed by atoms with E-state index in [0.717, 1.165) is 12.1 Å². The minimum atomic E-state index is -4.38. The van der Waals surface area contributed by atoms with Gasteiger partial charge in [0.25, 0.3) is 0 Å². The Bertz CT molecular complexity index is 438. The Labute approximate surface area is 104 Å². The van der Waals surface area contributed by atoms with Crippen LogP contribution in [0.5, 0.6) is 0 Å². The fraction of sp³-hybridized carbons (Fsp3) is 0.462. The molecule has 1 atom stereocenters. The quantitative estimate of drug-likeness (QED) is 0.843. The van der Waals surface area contributed by atoms with Crippen LogP contribution in [-0.2, 0) is 6.18 Å². The van der Waals surface area contributed by atoms with Gasteiger partial charge in [0.1, 0.15) is 0 Å². The molecule has 0 aromatic heterocycles. The molecule has 18 heavy (non-hydrogen) atoms. The number of carbonyl (C=O) groups is 1. The summed E-state index contributed by atoms with van der Waals surface area (Å²) in [7, 11) is 0. The van der Waals surface area contributed by atoms with Crippen molar-refractivity contribution >= 4 is 5.78 Å². The Balaban J connectivity index is 2.89. The van der Waals surface area contributed by atoms with Gasteiger partial charge >= 0.3 is 6.18 Å². The van der Waals surface area contributed by atoms with Crippen molar-refractivity contribution in [1.82, 2.24) is 0 Å². The van der Waals surface area contributed by atoms with E-state index in [0.29, 0.717) is 17.5 Å². The van der Waals surface area contributed by atoms with E-state index in [2.05, 4.69) is 0 Å². The lowest BCUT2D eigenvalue weighted by Gasteiger charge is -2.11. The molecular formula is C13H16F3NO. The van der Waals surface area contributed by atoms with Gasteiger partial charge in [0, 0.05) is 18.0 Å². The number of nitrogens with two attached hydrogens (primary N) is 1. The van der Waals surface area contributed by atoms with Crippen LogP contribution < -0.4 is 5.73 Å². The summed E-state index contributed by atoms with van der Waals surface area (Å²) in [5.41, 5.74) is 5.49. The summed E-state index contributed by atoms with van der Waals surface area (Å²) in [5.74, 6) is -0.168. The number of hydrogen-bond donors (Lipinski definition) is 1. The third kappa shape index (κ3) is 3.84. The summed E-state index contributed by atoms with van der Waals surface area (Å²) in [6, 6.07) is 3.08. The topological polar surface area (TPSA) is 43.1 Å². The van der Waals surface area contributed by atoms with Crippen LogP contribution in [0.2, 0.25) is 0 Å². The van der Waals surface area contributed by atoms with Gasteiger partial charge in [-0.1, -0.05) is 6.07 Å². The summed E-state index contributed by atoms with van der Waals surface area (Å²) in [6.45, 7) is 3.29. The largest absolute Gasteiger partial charge is 0.416 e. The van der Waals surface area contributed by atoms with Crippen LogP contribution in [0.1, 0.15) is 41.3 Å². The van der Waals surface area contributed by atoms with Gasteiger partial charge in [0.15, 0.2) is 5.78 Å². The predicted molar refractivity (Wildman–Crippen MR) is 63.4 cm³/mol. The molecule has 0 saturated carbocycles. The van der Waals surface area contributed by atoms with Crippen molar-refractivity contribution in [3.8, 4) is 0 Å². The summed E-state index contributed by atoms with van der Waals surface area (Å²) in [5, 5.41) is 0. The van der Waals surface area contributed by atoms with Gasteiger partial charge in [0.2, 0.25) is 0 Å². The number of alkyl halides is 3. The SMILES string of the molecule is Cc1cc(C(F)(F)F)ccc1C(=O)CCC(C)N. The number of hydrogen-bond acceptors (Lipinski definition) is 2. The molecule has 0 amide bonds. The summed E-state index contributed by atoms with van der Waals surface area (Å²) in [6.07, 6.45) is -3.60. The van der Waals surface area contributed by atoms with Crippen molar-refractivity contribution in [2.75, 3.05) is 0 Å². The highest BCUT2D eigenvalue weighted by atomic mass is 19.4. The Morgan fingerprint density at radius 2 is 2.00 bits per heavy atom. The maximum atomic E-state index is 12.5. The Hall–Kier alpha value is -1.36. The van der Waals surface area contributed by atoms with E-state index in [1.54, 1.807) is 6.92 Å². The lowest BCUT2D eigenvalue weighted by molar-refractivity contribution is -0.137. The zero-order valence-electron chi connectivity index (χ0n) is 10.3. The van der Waals surface area contributed by atoms with Gasteiger partial charge in [-0.2, -0.15) is 13.2 Å². The zero-order valence-corrected chi connectivity index (χ0v) is 10.3. The maximum Gasteiger partial charge on any atom is 0.416 e. The molecule has 0 aliphatic rings. The van der Waals surface area contributed by atoms with Crippen LogP contribution in [0, 0.1) is 6.92 Å². The first-order valence-electron chi connectivity index (χ1n) is 5.68. The molecule has 1 rings (SSSR count). The van der Waals surface area contributed by atoms with Gasteiger partial charge in [-0.3, -0.25) is 4.79 Å². The first-order chi connectivity index (χ1) is 8.21. The van der Waals surface area contributed by atoms with E-state index in [-0.39, 0.29) is 18.2 Å². The third-order valence-corrected chi connectivity index (χ3v) is 2.68. The van der Waals surface area contributed by atoms with Crippen molar-refractivity contribution < 1.29 is 18.0 Å². The van der Waals surface area contributed by atoms with Crippen LogP contribution >= 0.6 is 0 Å². The molecule has 5 heteroatoms. The molecule has 0 bridgehead atoms. The van der Waals surface area contributed by atoms with Crippen molar-refractivity contribution in [3.05, 3.63) is 34.9 Å². The van der Waals surface area contributed by atoms with Gasteiger partial charge in [-0.25, -0.2) is 0 Å². The fourth-order valence-corrected chi connectivity index (χ4v) is 1.65. The predicted octanol–water partition coefficient (Wildman–Crippen LogP) is 3.32. The molecule has 2 N–H and O–H groups in total. The second-order valence-corrected chi connectivity index (χ2v) is 4.47. The summed E-state index contributed by atoms with van der Waals surface area (Å²) >= 11 is 0. The lowest BCUT2D eigenvalue weighted by Crippen LogP contribution is -2.16. The van der Waals surface area contributed by atoms with Gasteiger partial charge in [-0.15, -0.1) is 0 Å². The highest BCUT2D eigenvalue weighted by Crippen LogP contribution is 2.30. The molecule has 1 unspecified atom stereocenters. The second-order valence-electron chi connectivity index (χ2n) is 4.47. The van der Waals surface area contributed by atoms with Crippen molar-refractivity contribution in [2.45, 2.75) is 38.9 Å². The number of aryl methyl sites for hydroxylation is 1. The number of halogens is 3. The van der Waals surface area contributed by atoms with E-state index in [4.69, 9.17) is 5.73 Å². The Morgan fingerprint density at radius 1 is 1.39 bits per heavy atom. The normalized spacial score (nSPS) is 13.4. The zero-order chi connectivity index (χ0) is 13.9.